The molecule has 0 unspecified atom stereocenters. The Balaban J connectivity index is 1.56. The second-order valence-electron chi connectivity index (χ2n) is 10.1. The topological polar surface area (TPSA) is 147 Å². The SMILES string of the molecule is C=CC(=O)Nc1cc(Nc2ncc(Cl)c(Nc3ccccc3C(=O)C(=O)N(C)C)n2)c(OC)cc1OCCCN1CCOCC1. The Labute approximate surface area is 266 Å². The van der Waals surface area contributed by atoms with Crippen molar-refractivity contribution in [2.24, 2.45) is 0 Å². The average Bonchev–Trinajstić information content (AvgIpc) is 3.05. The molecule has 3 aromatic rings. The number of ether oxygens (including phenoxy) is 3. The number of aromatic nitrogens is 2. The minimum Gasteiger partial charge on any atom is -0.494 e. The molecule has 0 saturated carbocycles. The summed E-state index contributed by atoms with van der Waals surface area (Å²) < 4.78 is 17.1. The van der Waals surface area contributed by atoms with Crippen molar-refractivity contribution < 1.29 is 28.6 Å². The molecule has 238 valence electrons. The molecule has 2 aromatic carbocycles. The molecule has 4 rings (SSSR count). The van der Waals surface area contributed by atoms with Crippen LogP contribution in [0.4, 0.5) is 28.8 Å². The molecule has 1 saturated heterocycles. The van der Waals surface area contributed by atoms with Crippen molar-refractivity contribution in [3.05, 3.63) is 65.8 Å². The van der Waals surface area contributed by atoms with Crippen molar-refractivity contribution in [3.63, 3.8) is 0 Å². The summed E-state index contributed by atoms with van der Waals surface area (Å²) in [4.78, 5) is 49.7. The average molecular weight is 638 g/mol. The summed E-state index contributed by atoms with van der Waals surface area (Å²) >= 11 is 6.40. The molecule has 1 aliphatic heterocycles. The monoisotopic (exact) mass is 637 g/mol. The lowest BCUT2D eigenvalue weighted by Gasteiger charge is -2.26. The summed E-state index contributed by atoms with van der Waals surface area (Å²) in [5.41, 5.74) is 1.31. The zero-order valence-corrected chi connectivity index (χ0v) is 26.1. The zero-order valence-electron chi connectivity index (χ0n) is 25.4. The number of morpholine rings is 1. The number of Topliss-reactive ketones (excluding diaryl/α,β-unsaturated/α-hetero) is 1. The van der Waals surface area contributed by atoms with Crippen molar-refractivity contribution >= 4 is 58.0 Å². The van der Waals surface area contributed by atoms with E-state index in [1.807, 2.05) is 0 Å². The van der Waals surface area contributed by atoms with E-state index in [2.05, 4.69) is 37.4 Å². The summed E-state index contributed by atoms with van der Waals surface area (Å²) in [6, 6.07) is 9.85. The summed E-state index contributed by atoms with van der Waals surface area (Å²) in [6.07, 6.45) is 3.32. The lowest BCUT2D eigenvalue weighted by molar-refractivity contribution is -0.124. The largest absolute Gasteiger partial charge is 0.494 e. The number of likely N-dealkylation sites (N-methyl/N-ethyl adjacent to an activating group) is 1. The number of halogens is 1. The molecular formula is C31H36ClN7O6. The molecule has 0 atom stereocenters. The van der Waals surface area contributed by atoms with Gasteiger partial charge in [0.05, 0.1) is 55.8 Å². The Kier molecular flexibility index (Phi) is 11.7. The fraction of sp³-hybridized carbons (Fsp3) is 0.323. The van der Waals surface area contributed by atoms with E-state index >= 15 is 0 Å². The Morgan fingerprint density at radius 3 is 2.56 bits per heavy atom. The van der Waals surface area contributed by atoms with E-state index in [0.29, 0.717) is 35.2 Å². The molecule has 0 spiro atoms. The number of amides is 2. The number of carbonyl (C=O) groups excluding carboxylic acids is 3. The maximum Gasteiger partial charge on any atom is 0.294 e. The summed E-state index contributed by atoms with van der Waals surface area (Å²) in [7, 11) is 4.51. The van der Waals surface area contributed by atoms with Gasteiger partial charge in [0.25, 0.3) is 11.7 Å². The number of nitrogens with one attached hydrogen (secondary N) is 3. The van der Waals surface area contributed by atoms with E-state index in [1.54, 1.807) is 30.3 Å². The van der Waals surface area contributed by atoms with Gasteiger partial charge >= 0.3 is 0 Å². The van der Waals surface area contributed by atoms with Crippen molar-refractivity contribution in [2.75, 3.05) is 76.6 Å². The Hall–Kier alpha value is -4.72. The Bertz CT molecular complexity index is 1540. The number of anilines is 5. The first-order chi connectivity index (χ1) is 21.7. The van der Waals surface area contributed by atoms with Gasteiger partial charge in [-0.15, -0.1) is 0 Å². The van der Waals surface area contributed by atoms with Crippen LogP contribution in [0, 0.1) is 0 Å². The highest BCUT2D eigenvalue weighted by atomic mass is 35.5. The quantitative estimate of drug-likeness (QED) is 0.101. The Morgan fingerprint density at radius 1 is 1.09 bits per heavy atom. The van der Waals surface area contributed by atoms with Crippen LogP contribution in [0.1, 0.15) is 16.8 Å². The van der Waals surface area contributed by atoms with E-state index < -0.39 is 17.6 Å². The van der Waals surface area contributed by atoms with Gasteiger partial charge in [-0.05, 0) is 30.7 Å². The molecule has 0 bridgehead atoms. The predicted octanol–water partition coefficient (Wildman–Crippen LogP) is 4.12. The van der Waals surface area contributed by atoms with Crippen LogP contribution in [0.5, 0.6) is 11.5 Å². The van der Waals surface area contributed by atoms with Crippen molar-refractivity contribution in [1.82, 2.24) is 19.8 Å². The van der Waals surface area contributed by atoms with Gasteiger partial charge in [-0.3, -0.25) is 19.3 Å². The van der Waals surface area contributed by atoms with Crippen LogP contribution in [-0.2, 0) is 14.3 Å². The summed E-state index contributed by atoms with van der Waals surface area (Å²) in [5, 5.41) is 9.07. The number of nitrogens with zero attached hydrogens (tertiary/aromatic N) is 4. The fourth-order valence-electron chi connectivity index (χ4n) is 4.40. The van der Waals surface area contributed by atoms with Crippen LogP contribution in [0.3, 0.4) is 0 Å². The third kappa shape index (κ3) is 8.91. The smallest absolute Gasteiger partial charge is 0.294 e. The third-order valence-electron chi connectivity index (χ3n) is 6.74. The van der Waals surface area contributed by atoms with Crippen molar-refractivity contribution in [3.8, 4) is 11.5 Å². The first-order valence-electron chi connectivity index (χ1n) is 14.2. The van der Waals surface area contributed by atoms with Gasteiger partial charge < -0.3 is 35.1 Å². The first-order valence-corrected chi connectivity index (χ1v) is 14.6. The second-order valence-corrected chi connectivity index (χ2v) is 10.5. The van der Waals surface area contributed by atoms with Crippen LogP contribution in [0.25, 0.3) is 0 Å². The maximum absolute atomic E-state index is 12.8. The van der Waals surface area contributed by atoms with Gasteiger partial charge in [-0.25, -0.2) is 4.98 Å². The van der Waals surface area contributed by atoms with Crippen molar-refractivity contribution in [1.29, 1.82) is 0 Å². The third-order valence-corrected chi connectivity index (χ3v) is 7.02. The van der Waals surface area contributed by atoms with E-state index in [0.717, 1.165) is 45.3 Å². The standard InChI is InChI=1S/C31H36ClN7O6/c1-5-27(40)34-24-17-23(25(43-4)18-26(24)45-14-8-11-39-12-15-44-16-13-39)36-31-33-19-21(32)29(37-31)35-22-10-7-6-9-20(22)28(41)30(42)38(2)3/h5-7,9-10,17-19H,1,8,11-16H2,2-4H3,(H,34,40)(H2,33,35,36,37). The number of rotatable bonds is 14. The molecule has 45 heavy (non-hydrogen) atoms. The number of hydrogen-bond donors (Lipinski definition) is 3. The molecule has 13 nitrogen and oxygen atoms in total. The highest BCUT2D eigenvalue weighted by Gasteiger charge is 2.22. The number of hydrogen-bond acceptors (Lipinski definition) is 11. The zero-order chi connectivity index (χ0) is 32.3. The van der Waals surface area contributed by atoms with Crippen LogP contribution in [0.15, 0.2) is 55.3 Å². The van der Waals surface area contributed by atoms with Gasteiger partial charge in [-0.1, -0.05) is 30.3 Å². The number of para-hydroxylation sites is 1. The Morgan fingerprint density at radius 2 is 1.84 bits per heavy atom. The lowest BCUT2D eigenvalue weighted by atomic mass is 10.1. The van der Waals surface area contributed by atoms with Crippen LogP contribution in [-0.4, -0.2) is 98.0 Å². The molecular weight excluding hydrogens is 602 g/mol. The van der Waals surface area contributed by atoms with Gasteiger partial charge in [0.2, 0.25) is 11.9 Å². The van der Waals surface area contributed by atoms with Crippen molar-refractivity contribution in [2.45, 2.75) is 6.42 Å². The maximum atomic E-state index is 12.8. The van der Waals surface area contributed by atoms with Gasteiger partial charge in [0, 0.05) is 39.8 Å². The fourth-order valence-corrected chi connectivity index (χ4v) is 4.53. The molecule has 14 heteroatoms. The highest BCUT2D eigenvalue weighted by molar-refractivity contribution is 6.43. The van der Waals surface area contributed by atoms with E-state index in [4.69, 9.17) is 25.8 Å². The van der Waals surface area contributed by atoms with Crippen LogP contribution in [0.2, 0.25) is 5.02 Å². The summed E-state index contributed by atoms with van der Waals surface area (Å²) in [6.45, 7) is 8.05. The number of carbonyl (C=O) groups is 3. The molecule has 2 heterocycles. The lowest BCUT2D eigenvalue weighted by Crippen LogP contribution is -2.37. The molecule has 3 N–H and O–H groups in total. The van der Waals surface area contributed by atoms with Gasteiger partial charge in [0.15, 0.2) is 5.82 Å². The molecule has 0 aliphatic carbocycles. The van der Waals surface area contributed by atoms with Gasteiger partial charge in [0.1, 0.15) is 16.5 Å². The number of methoxy groups -OCH3 is 1. The molecule has 1 aromatic heterocycles. The van der Waals surface area contributed by atoms with Gasteiger partial charge in [-0.2, -0.15) is 4.98 Å². The van der Waals surface area contributed by atoms with E-state index in [1.165, 1.54) is 38.4 Å². The first kappa shape index (κ1) is 33.2. The number of ketones is 1. The summed E-state index contributed by atoms with van der Waals surface area (Å²) in [5.74, 6) is -0.632. The molecule has 2 amide bonds. The van der Waals surface area contributed by atoms with E-state index in [9.17, 15) is 14.4 Å². The minimum absolute atomic E-state index is 0.133. The predicted molar refractivity (Wildman–Crippen MR) is 172 cm³/mol. The van der Waals surface area contributed by atoms with Crippen LogP contribution < -0.4 is 25.4 Å². The normalized spacial score (nSPS) is 13.0. The van der Waals surface area contributed by atoms with E-state index in [-0.39, 0.29) is 22.4 Å². The minimum atomic E-state index is -0.686. The molecule has 0 radical (unpaired) electrons. The molecule has 1 aliphatic rings. The number of benzene rings is 2. The van der Waals surface area contributed by atoms with Crippen LogP contribution >= 0.6 is 11.6 Å². The highest BCUT2D eigenvalue weighted by Crippen LogP contribution is 2.38. The second kappa shape index (κ2) is 15.8. The molecule has 1 fully saturated rings.